The number of anilines is 1. The number of fused-ring (bicyclic) bond motifs is 2. The number of hydrogen-bond donors (Lipinski definition) is 0. The highest BCUT2D eigenvalue weighted by Gasteiger charge is 2.43. The first-order valence-electron chi connectivity index (χ1n) is 11.4. The smallest absolute Gasteiger partial charge is 0.232 e. The van der Waals surface area contributed by atoms with E-state index in [1.165, 1.54) is 11.3 Å². The van der Waals surface area contributed by atoms with Gasteiger partial charge in [0.1, 0.15) is 5.78 Å². The molecule has 1 aliphatic heterocycles. The maximum Gasteiger partial charge on any atom is 0.232 e. The Morgan fingerprint density at radius 3 is 2.62 bits per heavy atom. The molecule has 5 nitrogen and oxygen atoms in total. The number of benzene rings is 1. The number of hydrogen-bond acceptors (Lipinski definition) is 5. The topological polar surface area (TPSA) is 59.5 Å². The molecule has 1 aromatic heterocycles. The molecule has 0 radical (unpaired) electrons. The quantitative estimate of drug-likeness (QED) is 0.511. The fourth-order valence-corrected chi connectivity index (χ4v) is 6.71. The molecule has 2 aromatic rings. The standard InChI is InChI=1S/C24H26Cl2N2O3S/c25-17-6-7-19(20(26)11-17)21-13-32-24(27-21)28(12-18-5-2-8-31-18)23(30)16-9-14-3-1-4-15(10-16)22(14)29/h6-7,11,13-16,18H,1-5,8-10,12H2. The van der Waals surface area contributed by atoms with Crippen molar-refractivity contribution in [1.29, 1.82) is 0 Å². The molecule has 3 fully saturated rings. The third-order valence-electron chi connectivity index (χ3n) is 7.00. The normalized spacial score (nSPS) is 27.5. The van der Waals surface area contributed by atoms with E-state index in [1.54, 1.807) is 12.1 Å². The van der Waals surface area contributed by atoms with Crippen molar-refractivity contribution in [1.82, 2.24) is 4.98 Å². The summed E-state index contributed by atoms with van der Waals surface area (Å²) in [6.07, 6.45) is 6.24. The molecule has 3 aliphatic rings. The minimum absolute atomic E-state index is 0.0233. The highest BCUT2D eigenvalue weighted by Crippen LogP contribution is 2.42. The Hall–Kier alpha value is -1.47. The predicted octanol–water partition coefficient (Wildman–Crippen LogP) is 6.02. The van der Waals surface area contributed by atoms with Gasteiger partial charge in [0.05, 0.1) is 23.4 Å². The summed E-state index contributed by atoms with van der Waals surface area (Å²) in [5.74, 6) is 0.408. The zero-order valence-electron chi connectivity index (χ0n) is 17.8. The minimum Gasteiger partial charge on any atom is -0.376 e. The van der Waals surface area contributed by atoms with Crippen molar-refractivity contribution >= 4 is 51.4 Å². The number of carbonyl (C=O) groups is 2. The average molecular weight is 493 g/mol. The number of rotatable bonds is 5. The largest absolute Gasteiger partial charge is 0.376 e. The molecule has 2 aliphatic carbocycles. The fourth-order valence-electron chi connectivity index (χ4n) is 5.37. The number of halogens is 2. The van der Waals surface area contributed by atoms with Crippen molar-refractivity contribution in [3.05, 3.63) is 33.6 Å². The lowest BCUT2D eigenvalue weighted by Gasteiger charge is -2.38. The lowest BCUT2D eigenvalue weighted by Crippen LogP contribution is -2.46. The molecule has 1 aromatic carbocycles. The van der Waals surface area contributed by atoms with Crippen LogP contribution in [0.1, 0.15) is 44.9 Å². The Kier molecular flexibility index (Phi) is 6.57. The number of aromatic nitrogens is 1. The number of Topliss-reactive ketones (excluding diaryl/α,β-unsaturated/α-hetero) is 1. The first kappa shape index (κ1) is 22.3. The van der Waals surface area contributed by atoms with E-state index in [0.29, 0.717) is 40.3 Å². The summed E-state index contributed by atoms with van der Waals surface area (Å²) in [6.45, 7) is 1.23. The summed E-state index contributed by atoms with van der Waals surface area (Å²) in [4.78, 5) is 32.9. The van der Waals surface area contributed by atoms with Crippen LogP contribution >= 0.6 is 34.5 Å². The SMILES string of the molecule is O=C1C2CCCC1CC(C(=O)N(CC1CCCO1)c1nc(-c3ccc(Cl)cc3Cl)cs1)C2. The second kappa shape index (κ2) is 9.41. The average Bonchev–Trinajstić information content (AvgIpc) is 3.43. The molecule has 1 saturated heterocycles. The van der Waals surface area contributed by atoms with Crippen LogP contribution in [0.4, 0.5) is 5.13 Å². The minimum atomic E-state index is -0.129. The van der Waals surface area contributed by atoms with Crippen LogP contribution < -0.4 is 4.90 Å². The molecule has 0 spiro atoms. The van der Waals surface area contributed by atoms with Crippen molar-refractivity contribution in [2.24, 2.45) is 17.8 Å². The highest BCUT2D eigenvalue weighted by atomic mass is 35.5. The molecule has 8 heteroatoms. The fraction of sp³-hybridized carbons (Fsp3) is 0.542. The lowest BCUT2D eigenvalue weighted by atomic mass is 9.67. The van der Waals surface area contributed by atoms with E-state index in [-0.39, 0.29) is 29.8 Å². The summed E-state index contributed by atoms with van der Waals surface area (Å²) in [5.41, 5.74) is 1.52. The maximum atomic E-state index is 13.8. The second-order valence-corrected chi connectivity index (χ2v) is 10.8. The Bertz CT molecular complexity index is 1000. The molecular weight excluding hydrogens is 467 g/mol. The molecule has 32 heavy (non-hydrogen) atoms. The number of thiazole rings is 1. The van der Waals surface area contributed by atoms with E-state index < -0.39 is 0 Å². The van der Waals surface area contributed by atoms with E-state index in [9.17, 15) is 9.59 Å². The van der Waals surface area contributed by atoms with Crippen molar-refractivity contribution in [3.8, 4) is 11.3 Å². The molecule has 3 atom stereocenters. The summed E-state index contributed by atoms with van der Waals surface area (Å²) >= 11 is 13.9. The third kappa shape index (κ3) is 4.47. The molecule has 2 saturated carbocycles. The van der Waals surface area contributed by atoms with Crippen LogP contribution in [0.2, 0.25) is 10.0 Å². The number of ether oxygens (including phenoxy) is 1. The van der Waals surface area contributed by atoms with Gasteiger partial charge in [0.25, 0.3) is 0 Å². The predicted molar refractivity (Wildman–Crippen MR) is 127 cm³/mol. The van der Waals surface area contributed by atoms with Crippen LogP contribution in [0.3, 0.4) is 0 Å². The molecule has 2 heterocycles. The van der Waals surface area contributed by atoms with Crippen molar-refractivity contribution in [2.75, 3.05) is 18.1 Å². The van der Waals surface area contributed by atoms with Crippen LogP contribution in [0.25, 0.3) is 11.3 Å². The van der Waals surface area contributed by atoms with Gasteiger partial charge in [0.15, 0.2) is 5.13 Å². The Morgan fingerprint density at radius 1 is 1.16 bits per heavy atom. The van der Waals surface area contributed by atoms with Gasteiger partial charge in [0, 0.05) is 40.3 Å². The van der Waals surface area contributed by atoms with Gasteiger partial charge >= 0.3 is 0 Å². The number of carbonyl (C=O) groups excluding carboxylic acids is 2. The summed E-state index contributed by atoms with van der Waals surface area (Å²) in [5, 5.41) is 3.69. The van der Waals surface area contributed by atoms with Gasteiger partial charge in [-0.15, -0.1) is 11.3 Å². The van der Waals surface area contributed by atoms with Gasteiger partial charge in [-0.25, -0.2) is 4.98 Å². The number of amides is 1. The van der Waals surface area contributed by atoms with Crippen molar-refractivity contribution < 1.29 is 14.3 Å². The van der Waals surface area contributed by atoms with Gasteiger partial charge < -0.3 is 4.74 Å². The van der Waals surface area contributed by atoms with Crippen LogP contribution in [0.15, 0.2) is 23.6 Å². The third-order valence-corrected chi connectivity index (χ3v) is 8.41. The first-order valence-corrected chi connectivity index (χ1v) is 13.0. The van der Waals surface area contributed by atoms with Crippen LogP contribution in [0.5, 0.6) is 0 Å². The van der Waals surface area contributed by atoms with Crippen LogP contribution in [0, 0.1) is 17.8 Å². The van der Waals surface area contributed by atoms with Crippen molar-refractivity contribution in [2.45, 2.75) is 51.0 Å². The monoisotopic (exact) mass is 492 g/mol. The zero-order valence-corrected chi connectivity index (χ0v) is 20.1. The maximum absolute atomic E-state index is 13.8. The van der Waals surface area contributed by atoms with E-state index in [2.05, 4.69) is 0 Å². The Morgan fingerprint density at radius 2 is 1.94 bits per heavy atom. The Labute approximate surface area is 202 Å². The summed E-state index contributed by atoms with van der Waals surface area (Å²) < 4.78 is 5.85. The first-order chi connectivity index (χ1) is 15.5. The molecule has 0 N–H and O–H groups in total. The number of ketones is 1. The highest BCUT2D eigenvalue weighted by molar-refractivity contribution is 7.14. The van der Waals surface area contributed by atoms with Gasteiger partial charge in [-0.1, -0.05) is 29.6 Å². The van der Waals surface area contributed by atoms with E-state index in [1.807, 2.05) is 16.3 Å². The zero-order chi connectivity index (χ0) is 22.2. The lowest BCUT2D eigenvalue weighted by molar-refractivity contribution is -0.136. The van der Waals surface area contributed by atoms with Gasteiger partial charge in [0.2, 0.25) is 5.91 Å². The van der Waals surface area contributed by atoms with Gasteiger partial charge in [-0.05, 0) is 56.7 Å². The van der Waals surface area contributed by atoms with Crippen LogP contribution in [-0.4, -0.2) is 35.9 Å². The van der Waals surface area contributed by atoms with E-state index >= 15 is 0 Å². The van der Waals surface area contributed by atoms with E-state index in [4.69, 9.17) is 32.9 Å². The van der Waals surface area contributed by atoms with Gasteiger partial charge in [-0.3, -0.25) is 14.5 Å². The number of nitrogens with zero attached hydrogens (tertiary/aromatic N) is 2. The molecule has 5 rings (SSSR count). The van der Waals surface area contributed by atoms with Crippen molar-refractivity contribution in [3.63, 3.8) is 0 Å². The molecule has 170 valence electrons. The second-order valence-electron chi connectivity index (χ2n) is 9.12. The van der Waals surface area contributed by atoms with Crippen LogP contribution in [-0.2, 0) is 14.3 Å². The summed E-state index contributed by atoms with van der Waals surface area (Å²) in [7, 11) is 0. The molecule has 3 unspecified atom stereocenters. The van der Waals surface area contributed by atoms with E-state index in [0.717, 1.165) is 50.0 Å². The van der Waals surface area contributed by atoms with Gasteiger partial charge in [-0.2, -0.15) is 0 Å². The summed E-state index contributed by atoms with van der Waals surface area (Å²) in [6, 6.07) is 5.34. The molecule has 1 amide bonds. The Balaban J connectivity index is 1.42. The molecular formula is C24H26Cl2N2O3S. The molecule has 2 bridgehead atoms.